The van der Waals surface area contributed by atoms with Crippen LogP contribution in [0.5, 0.6) is 0 Å². The number of hydrogen-bond acceptors (Lipinski definition) is 3. The van der Waals surface area contributed by atoms with Gasteiger partial charge in [0.15, 0.2) is 0 Å². The van der Waals surface area contributed by atoms with Crippen LogP contribution in [-0.2, 0) is 14.5 Å². The van der Waals surface area contributed by atoms with Crippen LogP contribution in [0.3, 0.4) is 0 Å². The number of thioether (sulfide) groups is 1. The van der Waals surface area contributed by atoms with Gasteiger partial charge < -0.3 is 5.32 Å². The molecule has 6 heteroatoms. The zero-order chi connectivity index (χ0) is 16.2. The minimum Gasteiger partial charge on any atom is -0.323 e. The van der Waals surface area contributed by atoms with E-state index >= 15 is 0 Å². The van der Waals surface area contributed by atoms with E-state index in [1.807, 2.05) is 37.3 Å². The fraction of sp³-hybridized carbons (Fsp3) is 0.176. The van der Waals surface area contributed by atoms with E-state index in [9.17, 15) is 9.59 Å². The molecule has 1 unspecified atom stereocenters. The maximum absolute atomic E-state index is 12.8. The van der Waals surface area contributed by atoms with Crippen LogP contribution in [0.2, 0.25) is 5.02 Å². The van der Waals surface area contributed by atoms with Crippen molar-refractivity contribution >= 4 is 46.6 Å². The highest BCUT2D eigenvalue weighted by Gasteiger charge is 2.58. The van der Waals surface area contributed by atoms with Crippen LogP contribution >= 0.6 is 23.4 Å². The third-order valence-electron chi connectivity index (χ3n) is 4.30. The maximum Gasteiger partial charge on any atom is 0.266 e. The normalized spacial score (nSPS) is 22.6. The van der Waals surface area contributed by atoms with Gasteiger partial charge in [-0.2, -0.15) is 0 Å². The molecule has 1 saturated heterocycles. The monoisotopic (exact) mass is 344 g/mol. The molecule has 1 N–H and O–H groups in total. The molecule has 0 radical (unpaired) electrons. The van der Waals surface area contributed by atoms with Gasteiger partial charge in [0.05, 0.1) is 11.4 Å². The number of amides is 2. The second-order valence-electron chi connectivity index (χ2n) is 5.55. The van der Waals surface area contributed by atoms with E-state index in [0.717, 1.165) is 16.8 Å². The maximum atomic E-state index is 12.8. The van der Waals surface area contributed by atoms with Crippen molar-refractivity contribution in [1.29, 1.82) is 0 Å². The zero-order valence-corrected chi connectivity index (χ0v) is 13.9. The standard InChI is InChI=1S/C17H13ClN2O2S/c1-10-12(18)6-4-8-14(10)20-15(21)9-23-17(20)11-5-2-3-7-13(11)19-16(17)22/h2-8H,9H2,1H3,(H,19,22). The van der Waals surface area contributed by atoms with Crippen LogP contribution in [-0.4, -0.2) is 17.6 Å². The summed E-state index contributed by atoms with van der Waals surface area (Å²) in [6.07, 6.45) is 0. The third kappa shape index (κ3) is 1.87. The number of rotatable bonds is 1. The molecule has 1 spiro atoms. The van der Waals surface area contributed by atoms with Crippen molar-refractivity contribution in [3.8, 4) is 0 Å². The quantitative estimate of drug-likeness (QED) is 0.861. The molecule has 2 heterocycles. The Morgan fingerprint density at radius 2 is 1.96 bits per heavy atom. The molecule has 4 nitrogen and oxygen atoms in total. The van der Waals surface area contributed by atoms with Gasteiger partial charge in [-0.05, 0) is 30.7 Å². The first kappa shape index (κ1) is 14.6. The number of carbonyl (C=O) groups excluding carboxylic acids is 2. The summed E-state index contributed by atoms with van der Waals surface area (Å²) in [6.45, 7) is 1.86. The number of nitrogens with zero attached hydrogens (tertiary/aromatic N) is 1. The van der Waals surface area contributed by atoms with E-state index in [0.29, 0.717) is 10.7 Å². The molecule has 2 aliphatic heterocycles. The highest BCUT2D eigenvalue weighted by molar-refractivity contribution is 8.02. The molecule has 116 valence electrons. The number of benzene rings is 2. The summed E-state index contributed by atoms with van der Waals surface area (Å²) >= 11 is 7.58. The molecule has 2 aromatic carbocycles. The van der Waals surface area contributed by atoms with Gasteiger partial charge in [-0.15, -0.1) is 11.8 Å². The molecule has 0 saturated carbocycles. The summed E-state index contributed by atoms with van der Waals surface area (Å²) in [5, 5.41) is 3.48. The first-order chi connectivity index (χ1) is 11.1. The first-order valence-corrected chi connectivity index (χ1v) is 8.55. The molecule has 2 amide bonds. The lowest BCUT2D eigenvalue weighted by molar-refractivity contribution is -0.122. The van der Waals surface area contributed by atoms with Crippen LogP contribution in [0, 0.1) is 6.92 Å². The SMILES string of the molecule is Cc1c(Cl)cccc1N1C(=O)CSC12C(=O)Nc1ccccc12. The molecule has 0 bridgehead atoms. The molecule has 1 atom stereocenters. The van der Waals surface area contributed by atoms with Crippen LogP contribution < -0.4 is 10.2 Å². The average molecular weight is 345 g/mol. The third-order valence-corrected chi connectivity index (χ3v) is 6.10. The summed E-state index contributed by atoms with van der Waals surface area (Å²) in [5.41, 5.74) is 3.05. The lowest BCUT2D eigenvalue weighted by atomic mass is 10.0. The van der Waals surface area contributed by atoms with Crippen molar-refractivity contribution in [2.45, 2.75) is 11.8 Å². The van der Waals surface area contributed by atoms with Crippen molar-refractivity contribution in [2.75, 3.05) is 16.0 Å². The highest BCUT2D eigenvalue weighted by atomic mass is 35.5. The van der Waals surface area contributed by atoms with E-state index in [1.165, 1.54) is 11.8 Å². The summed E-state index contributed by atoms with van der Waals surface area (Å²) < 4.78 is 0. The number of fused-ring (bicyclic) bond motifs is 2. The Kier molecular flexibility index (Phi) is 3.18. The van der Waals surface area contributed by atoms with E-state index < -0.39 is 4.87 Å². The second kappa shape index (κ2) is 5.01. The van der Waals surface area contributed by atoms with Crippen molar-refractivity contribution < 1.29 is 9.59 Å². The van der Waals surface area contributed by atoms with Crippen LogP contribution in [0.15, 0.2) is 42.5 Å². The van der Waals surface area contributed by atoms with E-state index in [1.54, 1.807) is 17.0 Å². The smallest absolute Gasteiger partial charge is 0.266 e. The van der Waals surface area contributed by atoms with Gasteiger partial charge in [0.1, 0.15) is 0 Å². The molecule has 0 aliphatic carbocycles. The number of halogens is 1. The van der Waals surface area contributed by atoms with E-state index in [-0.39, 0.29) is 17.6 Å². The van der Waals surface area contributed by atoms with Crippen LogP contribution in [0.1, 0.15) is 11.1 Å². The van der Waals surface area contributed by atoms with Gasteiger partial charge in [-0.1, -0.05) is 35.9 Å². The highest BCUT2D eigenvalue weighted by Crippen LogP contribution is 2.54. The van der Waals surface area contributed by atoms with Gasteiger partial charge >= 0.3 is 0 Å². The van der Waals surface area contributed by atoms with Crippen molar-refractivity contribution in [3.05, 3.63) is 58.6 Å². The van der Waals surface area contributed by atoms with Gasteiger partial charge in [0.2, 0.25) is 10.8 Å². The topological polar surface area (TPSA) is 49.4 Å². The number of hydrogen-bond donors (Lipinski definition) is 1. The molecule has 1 fully saturated rings. The molecular weight excluding hydrogens is 332 g/mol. The zero-order valence-electron chi connectivity index (χ0n) is 12.3. The Balaban J connectivity index is 1.97. The predicted molar refractivity (Wildman–Crippen MR) is 92.9 cm³/mol. The fourth-order valence-corrected chi connectivity index (χ4v) is 4.67. The fourth-order valence-electron chi connectivity index (χ4n) is 3.20. The van der Waals surface area contributed by atoms with E-state index in [4.69, 9.17) is 11.6 Å². The lowest BCUT2D eigenvalue weighted by Crippen LogP contribution is -2.47. The number of carbonyl (C=O) groups is 2. The Labute approximate surface area is 142 Å². The summed E-state index contributed by atoms with van der Waals surface area (Å²) in [7, 11) is 0. The molecular formula is C17H13ClN2O2S. The molecule has 2 aliphatic rings. The molecule has 2 aromatic rings. The first-order valence-electron chi connectivity index (χ1n) is 7.19. The largest absolute Gasteiger partial charge is 0.323 e. The minimum absolute atomic E-state index is 0.0905. The number of para-hydroxylation sites is 1. The predicted octanol–water partition coefficient (Wildman–Crippen LogP) is 3.53. The van der Waals surface area contributed by atoms with Crippen LogP contribution in [0.25, 0.3) is 0 Å². The number of nitrogens with one attached hydrogen (secondary N) is 1. The Hall–Kier alpha value is -1.98. The van der Waals surface area contributed by atoms with Crippen LogP contribution in [0.4, 0.5) is 11.4 Å². The van der Waals surface area contributed by atoms with E-state index in [2.05, 4.69) is 5.32 Å². The number of anilines is 2. The molecule has 4 rings (SSSR count). The summed E-state index contributed by atoms with van der Waals surface area (Å²) in [4.78, 5) is 26.0. The second-order valence-corrected chi connectivity index (χ2v) is 7.12. The summed E-state index contributed by atoms with van der Waals surface area (Å²) in [6, 6.07) is 12.9. The lowest BCUT2D eigenvalue weighted by Gasteiger charge is -2.33. The Bertz CT molecular complexity index is 854. The van der Waals surface area contributed by atoms with Gasteiger partial charge in [0.25, 0.3) is 5.91 Å². The van der Waals surface area contributed by atoms with Gasteiger partial charge in [0, 0.05) is 16.3 Å². The molecule has 0 aromatic heterocycles. The van der Waals surface area contributed by atoms with Gasteiger partial charge in [-0.25, -0.2) is 0 Å². The average Bonchev–Trinajstić information content (AvgIpc) is 3.02. The summed E-state index contributed by atoms with van der Waals surface area (Å²) in [5.74, 6) is -0.0191. The Morgan fingerprint density at radius 1 is 1.17 bits per heavy atom. The Morgan fingerprint density at radius 3 is 2.78 bits per heavy atom. The molecule has 23 heavy (non-hydrogen) atoms. The minimum atomic E-state index is -1.05. The van der Waals surface area contributed by atoms with Crippen molar-refractivity contribution in [3.63, 3.8) is 0 Å². The van der Waals surface area contributed by atoms with Crippen molar-refractivity contribution in [1.82, 2.24) is 0 Å². The van der Waals surface area contributed by atoms with Crippen molar-refractivity contribution in [2.24, 2.45) is 0 Å². The van der Waals surface area contributed by atoms with Gasteiger partial charge in [-0.3, -0.25) is 14.5 Å².